The quantitative estimate of drug-likeness (QED) is 0.0344. The maximum Gasteiger partial charge on any atom is 0.306 e. The molecule has 0 fully saturated rings. The Hall–Kier alpha value is -1.59. The van der Waals surface area contributed by atoms with Crippen LogP contribution in [0.4, 0.5) is 0 Å². The molecule has 0 unspecified atom stereocenters. The summed E-state index contributed by atoms with van der Waals surface area (Å²) in [6.07, 6.45) is 51.0. The van der Waals surface area contributed by atoms with Crippen molar-refractivity contribution in [2.45, 2.75) is 317 Å². The van der Waals surface area contributed by atoms with Gasteiger partial charge >= 0.3 is 17.9 Å². The lowest BCUT2D eigenvalue weighted by atomic mass is 10.0. The molecule has 0 aliphatic rings. The molecule has 0 aromatic rings. The molecule has 0 spiro atoms. The number of rotatable bonds is 50. The van der Waals surface area contributed by atoms with Crippen LogP contribution in [0.1, 0.15) is 311 Å². The van der Waals surface area contributed by atoms with E-state index in [1.165, 1.54) is 199 Å². The fourth-order valence-electron chi connectivity index (χ4n) is 8.52. The van der Waals surface area contributed by atoms with Crippen LogP contribution in [-0.2, 0) is 28.6 Å². The molecule has 0 radical (unpaired) electrons. The minimum atomic E-state index is -0.762. The predicted molar refractivity (Wildman–Crippen MR) is 266 cm³/mol. The van der Waals surface area contributed by atoms with Crippen molar-refractivity contribution in [2.75, 3.05) is 13.2 Å². The van der Waals surface area contributed by atoms with E-state index in [2.05, 4.69) is 34.6 Å². The van der Waals surface area contributed by atoms with E-state index in [-0.39, 0.29) is 31.1 Å². The van der Waals surface area contributed by atoms with Gasteiger partial charge in [0.15, 0.2) is 6.10 Å². The first-order valence-corrected chi connectivity index (χ1v) is 27.7. The molecule has 0 saturated carbocycles. The molecule has 0 aromatic heterocycles. The third-order valence-electron chi connectivity index (χ3n) is 12.7. The molecule has 62 heavy (non-hydrogen) atoms. The second-order valence-electron chi connectivity index (χ2n) is 20.2. The third-order valence-corrected chi connectivity index (χ3v) is 12.7. The SMILES string of the molecule is CCCCCCCCCCCCCCCCCCCCCC(=O)OC[C@@H](COC(=O)CCCCCCCCCCCC(C)C)OC(=O)CCCCCCCCCCCCC(C)C. The number of carbonyl (C=O) groups is 3. The molecule has 0 aromatic carbocycles. The molecule has 6 heteroatoms. The first-order valence-electron chi connectivity index (χ1n) is 27.7. The van der Waals surface area contributed by atoms with Crippen molar-refractivity contribution >= 4 is 17.9 Å². The molecule has 0 rings (SSSR count). The smallest absolute Gasteiger partial charge is 0.306 e. The lowest BCUT2D eigenvalue weighted by Gasteiger charge is -2.18. The summed E-state index contributed by atoms with van der Waals surface area (Å²) in [6.45, 7) is 11.4. The van der Waals surface area contributed by atoms with Gasteiger partial charge in [0.25, 0.3) is 0 Å². The topological polar surface area (TPSA) is 78.9 Å². The van der Waals surface area contributed by atoms with Crippen LogP contribution in [0.15, 0.2) is 0 Å². The van der Waals surface area contributed by atoms with E-state index in [0.29, 0.717) is 19.3 Å². The Labute approximate surface area is 387 Å². The average molecular weight is 877 g/mol. The zero-order valence-electron chi connectivity index (χ0n) is 42.5. The fraction of sp³-hybridized carbons (Fsp3) is 0.946. The van der Waals surface area contributed by atoms with E-state index in [1.54, 1.807) is 0 Å². The van der Waals surface area contributed by atoms with Gasteiger partial charge in [-0.05, 0) is 31.1 Å². The summed E-state index contributed by atoms with van der Waals surface area (Å²) < 4.78 is 16.8. The van der Waals surface area contributed by atoms with Crippen LogP contribution < -0.4 is 0 Å². The van der Waals surface area contributed by atoms with Crippen molar-refractivity contribution in [1.82, 2.24) is 0 Å². The minimum Gasteiger partial charge on any atom is -0.462 e. The summed E-state index contributed by atoms with van der Waals surface area (Å²) in [6, 6.07) is 0. The molecule has 0 aliphatic carbocycles. The molecule has 0 bridgehead atoms. The summed E-state index contributed by atoms with van der Waals surface area (Å²) in [5.41, 5.74) is 0. The van der Waals surface area contributed by atoms with Gasteiger partial charge < -0.3 is 14.2 Å². The Morgan fingerprint density at radius 2 is 0.532 bits per heavy atom. The van der Waals surface area contributed by atoms with Gasteiger partial charge in [-0.2, -0.15) is 0 Å². The fourth-order valence-corrected chi connectivity index (χ4v) is 8.52. The van der Waals surface area contributed by atoms with Crippen LogP contribution in [0.3, 0.4) is 0 Å². The van der Waals surface area contributed by atoms with Crippen LogP contribution in [0.5, 0.6) is 0 Å². The maximum absolute atomic E-state index is 12.8. The Morgan fingerprint density at radius 3 is 0.790 bits per heavy atom. The van der Waals surface area contributed by atoms with E-state index < -0.39 is 6.10 Å². The van der Waals surface area contributed by atoms with Crippen LogP contribution in [0.25, 0.3) is 0 Å². The second-order valence-corrected chi connectivity index (χ2v) is 20.2. The molecule has 368 valence electrons. The standard InChI is InChI=1S/C56H108O6/c1-6-7-8-9-10-11-12-13-14-15-16-17-18-19-20-26-31-36-41-46-54(57)60-49-53(50-61-55(58)47-42-37-32-28-23-25-30-35-40-45-52(4)5)62-56(59)48-43-38-33-27-22-21-24-29-34-39-44-51(2)3/h51-53H,6-50H2,1-5H3/t53-/m0/s1. The average Bonchev–Trinajstić information content (AvgIpc) is 3.24. The van der Waals surface area contributed by atoms with E-state index in [0.717, 1.165) is 69.6 Å². The number of hydrogen-bond donors (Lipinski definition) is 0. The predicted octanol–water partition coefficient (Wildman–Crippen LogP) is 18.1. The summed E-state index contributed by atoms with van der Waals surface area (Å²) >= 11 is 0. The highest BCUT2D eigenvalue weighted by atomic mass is 16.6. The van der Waals surface area contributed by atoms with E-state index in [4.69, 9.17) is 14.2 Å². The normalized spacial score (nSPS) is 12.0. The molecule has 0 amide bonds. The van der Waals surface area contributed by atoms with Crippen LogP contribution in [0, 0.1) is 11.8 Å². The molecule has 0 N–H and O–H groups in total. The molecule has 6 nitrogen and oxygen atoms in total. The van der Waals surface area contributed by atoms with E-state index in [9.17, 15) is 14.4 Å². The highest BCUT2D eigenvalue weighted by molar-refractivity contribution is 5.71. The number of ether oxygens (including phenoxy) is 3. The Morgan fingerprint density at radius 1 is 0.306 bits per heavy atom. The molecule has 0 aliphatic heterocycles. The number of hydrogen-bond acceptors (Lipinski definition) is 6. The lowest BCUT2D eigenvalue weighted by molar-refractivity contribution is -0.167. The molecule has 1 atom stereocenters. The van der Waals surface area contributed by atoms with Crippen molar-refractivity contribution in [2.24, 2.45) is 11.8 Å². The van der Waals surface area contributed by atoms with Gasteiger partial charge in [-0.1, -0.05) is 272 Å². The largest absolute Gasteiger partial charge is 0.462 e. The lowest BCUT2D eigenvalue weighted by Crippen LogP contribution is -2.30. The highest BCUT2D eigenvalue weighted by Gasteiger charge is 2.19. The molecule has 0 heterocycles. The molecular formula is C56H108O6. The zero-order chi connectivity index (χ0) is 45.4. The van der Waals surface area contributed by atoms with Crippen molar-refractivity contribution in [3.8, 4) is 0 Å². The van der Waals surface area contributed by atoms with Gasteiger partial charge in [-0.15, -0.1) is 0 Å². The Balaban J connectivity index is 4.26. The van der Waals surface area contributed by atoms with Crippen molar-refractivity contribution in [1.29, 1.82) is 0 Å². The first-order chi connectivity index (χ1) is 30.2. The van der Waals surface area contributed by atoms with Gasteiger partial charge in [0.05, 0.1) is 0 Å². The van der Waals surface area contributed by atoms with Gasteiger partial charge in [0.1, 0.15) is 13.2 Å². The van der Waals surface area contributed by atoms with Crippen molar-refractivity contribution in [3.63, 3.8) is 0 Å². The minimum absolute atomic E-state index is 0.0636. The second kappa shape index (κ2) is 48.9. The van der Waals surface area contributed by atoms with Crippen molar-refractivity contribution in [3.05, 3.63) is 0 Å². The molecular weight excluding hydrogens is 769 g/mol. The summed E-state index contributed by atoms with van der Waals surface area (Å²) in [5.74, 6) is 0.779. The summed E-state index contributed by atoms with van der Waals surface area (Å²) in [5, 5.41) is 0. The van der Waals surface area contributed by atoms with Gasteiger partial charge in [0.2, 0.25) is 0 Å². The number of esters is 3. The first kappa shape index (κ1) is 60.4. The third kappa shape index (κ3) is 49.4. The van der Waals surface area contributed by atoms with Crippen LogP contribution in [0.2, 0.25) is 0 Å². The van der Waals surface area contributed by atoms with Gasteiger partial charge in [-0.25, -0.2) is 0 Å². The van der Waals surface area contributed by atoms with Crippen molar-refractivity contribution < 1.29 is 28.6 Å². The van der Waals surface area contributed by atoms with E-state index >= 15 is 0 Å². The van der Waals surface area contributed by atoms with Crippen LogP contribution >= 0.6 is 0 Å². The summed E-state index contributed by atoms with van der Waals surface area (Å²) in [7, 11) is 0. The summed E-state index contributed by atoms with van der Waals surface area (Å²) in [4.78, 5) is 38.0. The Kier molecular flexibility index (Phi) is 47.6. The van der Waals surface area contributed by atoms with Crippen LogP contribution in [-0.4, -0.2) is 37.2 Å². The number of carbonyl (C=O) groups excluding carboxylic acids is 3. The Bertz CT molecular complexity index is 947. The zero-order valence-corrected chi connectivity index (χ0v) is 42.5. The molecule has 0 saturated heterocycles. The maximum atomic E-state index is 12.8. The number of unbranched alkanes of at least 4 members (excludes halogenated alkanes) is 35. The van der Waals surface area contributed by atoms with Gasteiger partial charge in [0, 0.05) is 19.3 Å². The monoisotopic (exact) mass is 877 g/mol. The van der Waals surface area contributed by atoms with Gasteiger partial charge in [-0.3, -0.25) is 14.4 Å². The van der Waals surface area contributed by atoms with E-state index in [1.807, 2.05) is 0 Å². The highest BCUT2D eigenvalue weighted by Crippen LogP contribution is 2.18.